The van der Waals surface area contributed by atoms with Gasteiger partial charge < -0.3 is 14.8 Å². The summed E-state index contributed by atoms with van der Waals surface area (Å²) >= 11 is 0. The third kappa shape index (κ3) is 5.82. The van der Waals surface area contributed by atoms with Crippen LogP contribution in [0, 0.1) is 13.8 Å². The smallest absolute Gasteiger partial charge is 0.261 e. The SMILES string of the molecule is CC[C@@H](Oc1cc(C)cc(C)c1)C(=O)NCCc1ccc(OC)cc1. The Morgan fingerprint density at radius 1 is 1.04 bits per heavy atom. The topological polar surface area (TPSA) is 47.6 Å². The van der Waals surface area contributed by atoms with E-state index < -0.39 is 6.10 Å². The van der Waals surface area contributed by atoms with Crippen molar-refractivity contribution in [2.45, 2.75) is 39.7 Å². The number of ether oxygens (including phenoxy) is 2. The minimum Gasteiger partial charge on any atom is -0.497 e. The van der Waals surface area contributed by atoms with Gasteiger partial charge in [-0.25, -0.2) is 0 Å². The Bertz CT molecular complexity index is 675. The lowest BCUT2D eigenvalue weighted by atomic mass is 10.1. The molecule has 1 N–H and O–H groups in total. The highest BCUT2D eigenvalue weighted by Crippen LogP contribution is 2.18. The highest BCUT2D eigenvalue weighted by Gasteiger charge is 2.18. The zero-order valence-electron chi connectivity index (χ0n) is 15.5. The first-order chi connectivity index (χ1) is 12.0. The van der Waals surface area contributed by atoms with E-state index in [1.54, 1.807) is 7.11 Å². The quantitative estimate of drug-likeness (QED) is 0.794. The molecule has 0 aliphatic heterocycles. The zero-order chi connectivity index (χ0) is 18.2. The van der Waals surface area contributed by atoms with Crippen LogP contribution in [0.25, 0.3) is 0 Å². The van der Waals surface area contributed by atoms with E-state index >= 15 is 0 Å². The highest BCUT2D eigenvalue weighted by molar-refractivity contribution is 5.81. The molecule has 4 nitrogen and oxygen atoms in total. The molecule has 4 heteroatoms. The monoisotopic (exact) mass is 341 g/mol. The summed E-state index contributed by atoms with van der Waals surface area (Å²) in [4.78, 5) is 12.4. The maximum absolute atomic E-state index is 12.4. The number of rotatable bonds is 8. The molecule has 1 atom stereocenters. The van der Waals surface area contributed by atoms with E-state index in [1.807, 2.05) is 57.2 Å². The summed E-state index contributed by atoms with van der Waals surface area (Å²) < 4.78 is 11.0. The van der Waals surface area contributed by atoms with Crippen molar-refractivity contribution in [3.8, 4) is 11.5 Å². The lowest BCUT2D eigenvalue weighted by Crippen LogP contribution is -2.38. The van der Waals surface area contributed by atoms with Gasteiger partial charge in [-0.15, -0.1) is 0 Å². The van der Waals surface area contributed by atoms with Crippen molar-refractivity contribution >= 4 is 5.91 Å². The third-order valence-corrected chi connectivity index (χ3v) is 4.01. The summed E-state index contributed by atoms with van der Waals surface area (Å²) in [7, 11) is 1.65. The number of hydrogen-bond donors (Lipinski definition) is 1. The van der Waals surface area contributed by atoms with Crippen LogP contribution in [0.1, 0.15) is 30.0 Å². The van der Waals surface area contributed by atoms with Crippen LogP contribution in [-0.2, 0) is 11.2 Å². The molecule has 2 aromatic carbocycles. The Balaban J connectivity index is 1.86. The maximum Gasteiger partial charge on any atom is 0.261 e. The lowest BCUT2D eigenvalue weighted by Gasteiger charge is -2.18. The van der Waals surface area contributed by atoms with Crippen molar-refractivity contribution in [1.82, 2.24) is 5.32 Å². The van der Waals surface area contributed by atoms with Crippen molar-refractivity contribution in [2.24, 2.45) is 0 Å². The summed E-state index contributed by atoms with van der Waals surface area (Å²) in [6, 6.07) is 13.9. The number of nitrogens with one attached hydrogen (secondary N) is 1. The van der Waals surface area contributed by atoms with Crippen molar-refractivity contribution < 1.29 is 14.3 Å². The van der Waals surface area contributed by atoms with Crippen LogP contribution in [0.5, 0.6) is 11.5 Å². The molecule has 0 saturated heterocycles. The summed E-state index contributed by atoms with van der Waals surface area (Å²) in [5, 5.41) is 2.97. The normalized spacial score (nSPS) is 11.7. The molecular formula is C21H27NO3. The average molecular weight is 341 g/mol. The first kappa shape index (κ1) is 18.8. The molecule has 2 rings (SSSR count). The number of hydrogen-bond acceptors (Lipinski definition) is 3. The molecule has 134 valence electrons. The van der Waals surface area contributed by atoms with Gasteiger partial charge in [0.05, 0.1) is 7.11 Å². The molecule has 0 fully saturated rings. The Hall–Kier alpha value is -2.49. The van der Waals surface area contributed by atoms with Crippen LogP contribution in [0.15, 0.2) is 42.5 Å². The molecule has 0 aliphatic carbocycles. The Morgan fingerprint density at radius 2 is 1.68 bits per heavy atom. The third-order valence-electron chi connectivity index (χ3n) is 4.01. The summed E-state index contributed by atoms with van der Waals surface area (Å²) in [5.74, 6) is 1.51. The first-order valence-corrected chi connectivity index (χ1v) is 8.67. The van der Waals surface area contributed by atoms with Gasteiger partial charge in [-0.1, -0.05) is 25.1 Å². The molecule has 0 radical (unpaired) electrons. The zero-order valence-corrected chi connectivity index (χ0v) is 15.5. The van der Waals surface area contributed by atoms with E-state index in [1.165, 1.54) is 0 Å². The number of aryl methyl sites for hydroxylation is 2. The van der Waals surface area contributed by atoms with E-state index in [-0.39, 0.29) is 5.91 Å². The van der Waals surface area contributed by atoms with Crippen LogP contribution in [-0.4, -0.2) is 25.7 Å². The minimum atomic E-state index is -0.475. The largest absolute Gasteiger partial charge is 0.497 e. The van der Waals surface area contributed by atoms with Gasteiger partial charge in [0.25, 0.3) is 5.91 Å². The van der Waals surface area contributed by atoms with Gasteiger partial charge in [0, 0.05) is 6.54 Å². The summed E-state index contributed by atoms with van der Waals surface area (Å²) in [6.07, 6.45) is 0.925. The molecule has 0 heterocycles. The Kier molecular flexibility index (Phi) is 6.87. The van der Waals surface area contributed by atoms with E-state index in [9.17, 15) is 4.79 Å². The first-order valence-electron chi connectivity index (χ1n) is 8.67. The van der Waals surface area contributed by atoms with Gasteiger partial charge in [0.15, 0.2) is 6.10 Å². The van der Waals surface area contributed by atoms with Crippen LogP contribution in [0.3, 0.4) is 0 Å². The number of amides is 1. The van der Waals surface area contributed by atoms with E-state index in [0.717, 1.165) is 34.6 Å². The van der Waals surface area contributed by atoms with Crippen LogP contribution in [0.4, 0.5) is 0 Å². The van der Waals surface area contributed by atoms with Crippen molar-refractivity contribution in [3.63, 3.8) is 0 Å². The summed E-state index contributed by atoms with van der Waals surface area (Å²) in [6.45, 7) is 6.58. The van der Waals surface area contributed by atoms with Crippen molar-refractivity contribution in [2.75, 3.05) is 13.7 Å². The van der Waals surface area contributed by atoms with E-state index in [4.69, 9.17) is 9.47 Å². The molecule has 0 bridgehead atoms. The van der Waals surface area contributed by atoms with Crippen molar-refractivity contribution in [1.29, 1.82) is 0 Å². The molecule has 0 aliphatic rings. The average Bonchev–Trinajstić information content (AvgIpc) is 2.59. The van der Waals surface area contributed by atoms with Crippen LogP contribution < -0.4 is 14.8 Å². The second kappa shape index (κ2) is 9.11. The standard InChI is InChI=1S/C21H27NO3/c1-5-20(25-19-13-15(2)12-16(3)14-19)21(23)22-11-10-17-6-8-18(24-4)9-7-17/h6-9,12-14,20H,5,10-11H2,1-4H3,(H,22,23)/t20-/m1/s1. The second-order valence-corrected chi connectivity index (χ2v) is 6.23. The van der Waals surface area contributed by atoms with Gasteiger partial charge in [-0.3, -0.25) is 4.79 Å². The van der Waals surface area contributed by atoms with Crippen LogP contribution >= 0.6 is 0 Å². The molecular weight excluding hydrogens is 314 g/mol. The second-order valence-electron chi connectivity index (χ2n) is 6.23. The number of methoxy groups -OCH3 is 1. The fourth-order valence-corrected chi connectivity index (χ4v) is 2.72. The lowest BCUT2D eigenvalue weighted by molar-refractivity contribution is -0.128. The Labute approximate surface area is 150 Å². The van der Waals surface area contributed by atoms with Gasteiger partial charge >= 0.3 is 0 Å². The predicted molar refractivity (Wildman–Crippen MR) is 100 cm³/mol. The fraction of sp³-hybridized carbons (Fsp3) is 0.381. The molecule has 0 spiro atoms. The van der Waals surface area contributed by atoms with Gasteiger partial charge in [-0.05, 0) is 67.6 Å². The van der Waals surface area contributed by atoms with Gasteiger partial charge in [-0.2, -0.15) is 0 Å². The minimum absolute atomic E-state index is 0.0739. The van der Waals surface area contributed by atoms with E-state index in [0.29, 0.717) is 13.0 Å². The molecule has 0 aromatic heterocycles. The fourth-order valence-electron chi connectivity index (χ4n) is 2.72. The summed E-state index contributed by atoms with van der Waals surface area (Å²) in [5.41, 5.74) is 3.42. The Morgan fingerprint density at radius 3 is 2.24 bits per heavy atom. The molecule has 2 aromatic rings. The number of carbonyl (C=O) groups is 1. The molecule has 25 heavy (non-hydrogen) atoms. The van der Waals surface area contributed by atoms with Gasteiger partial charge in [0.2, 0.25) is 0 Å². The van der Waals surface area contributed by atoms with Gasteiger partial charge in [0.1, 0.15) is 11.5 Å². The van der Waals surface area contributed by atoms with E-state index in [2.05, 4.69) is 11.4 Å². The molecule has 0 saturated carbocycles. The van der Waals surface area contributed by atoms with Crippen LogP contribution in [0.2, 0.25) is 0 Å². The number of benzene rings is 2. The molecule has 0 unspecified atom stereocenters. The predicted octanol–water partition coefficient (Wildman–Crippen LogP) is 3.83. The highest BCUT2D eigenvalue weighted by atomic mass is 16.5. The van der Waals surface area contributed by atoms with Crippen molar-refractivity contribution in [3.05, 3.63) is 59.2 Å². The molecule has 1 amide bonds. The maximum atomic E-state index is 12.4. The number of carbonyl (C=O) groups excluding carboxylic acids is 1.